The van der Waals surface area contributed by atoms with E-state index in [-0.39, 0.29) is 81.8 Å². The van der Waals surface area contributed by atoms with Gasteiger partial charge in [-0.2, -0.15) is 0 Å². The van der Waals surface area contributed by atoms with E-state index in [0.717, 1.165) is 0 Å². The van der Waals surface area contributed by atoms with Gasteiger partial charge in [0.25, 0.3) is 0 Å². The number of carbonyl (C=O) groups is 7. The zero-order valence-corrected chi connectivity index (χ0v) is 35.2. The van der Waals surface area contributed by atoms with Gasteiger partial charge in [0.1, 0.15) is 42.3 Å². The highest BCUT2D eigenvalue weighted by Crippen LogP contribution is 2.11. The average Bonchev–Trinajstić information content (AvgIpc) is 3.16. The molecule has 0 saturated carbocycles. The monoisotopic (exact) mass is 859 g/mol. The van der Waals surface area contributed by atoms with Gasteiger partial charge < -0.3 is 81.6 Å². The lowest BCUT2D eigenvalue weighted by Gasteiger charge is -2.27. The Bertz CT molecular complexity index is 1440. The summed E-state index contributed by atoms with van der Waals surface area (Å²) in [6.45, 7) is 5.91. The summed E-state index contributed by atoms with van der Waals surface area (Å²) in [6.07, 6.45) is 1.39. The van der Waals surface area contributed by atoms with Crippen LogP contribution >= 0.6 is 0 Å². The topological polar surface area (TPSA) is 433 Å². The number of unbranched alkanes of at least 4 members (excludes halogenated alkanes) is 1. The fourth-order valence-electron chi connectivity index (χ4n) is 5.62. The molecule has 0 aromatic rings. The van der Waals surface area contributed by atoms with Crippen molar-refractivity contribution < 1.29 is 48.9 Å². The third kappa shape index (κ3) is 23.3. The Morgan fingerprint density at radius 2 is 0.850 bits per heavy atom. The molecule has 0 spiro atoms. The molecular weight excluding hydrogens is 788 g/mol. The van der Waals surface area contributed by atoms with Crippen molar-refractivity contribution in [3.8, 4) is 0 Å². The number of nitrogens with zero attached hydrogens (tertiary/aromatic N) is 2. The number of aliphatic hydroxyl groups excluding tert-OH is 2. The van der Waals surface area contributed by atoms with E-state index in [9.17, 15) is 48.9 Å². The van der Waals surface area contributed by atoms with Crippen LogP contribution in [0.25, 0.3) is 0 Å². The van der Waals surface area contributed by atoms with Crippen LogP contribution in [0.3, 0.4) is 0 Å². The molecule has 0 aromatic heterocycles. The highest BCUT2D eigenvalue weighted by atomic mass is 16.4. The summed E-state index contributed by atoms with van der Waals surface area (Å²) in [5.41, 5.74) is 32.9. The van der Waals surface area contributed by atoms with Crippen molar-refractivity contribution in [1.29, 1.82) is 0 Å². The Balaban J connectivity index is 6.44. The number of nitrogens with one attached hydrogen (secondary N) is 6. The maximum atomic E-state index is 13.8. The summed E-state index contributed by atoms with van der Waals surface area (Å²) in [5, 5.41) is 44.2. The lowest BCUT2D eigenvalue weighted by atomic mass is 10.00. The molecule has 0 aliphatic carbocycles. The van der Waals surface area contributed by atoms with Crippen molar-refractivity contribution in [1.82, 2.24) is 31.9 Å². The normalized spacial score (nSPS) is 14.6. The average molecular weight is 859 g/mol. The fraction of sp³-hybridized carbons (Fsp3) is 0.750. The first-order valence-corrected chi connectivity index (χ1v) is 20.0. The Labute approximate surface area is 350 Å². The summed E-state index contributed by atoms with van der Waals surface area (Å²) >= 11 is 0. The summed E-state index contributed by atoms with van der Waals surface area (Å²) in [4.78, 5) is 100. The van der Waals surface area contributed by atoms with E-state index in [4.69, 9.17) is 34.4 Å². The van der Waals surface area contributed by atoms with Crippen molar-refractivity contribution in [3.63, 3.8) is 0 Å². The van der Waals surface area contributed by atoms with Gasteiger partial charge >= 0.3 is 5.97 Å². The fourth-order valence-corrected chi connectivity index (χ4v) is 5.62. The van der Waals surface area contributed by atoms with Crippen LogP contribution in [0.4, 0.5) is 0 Å². The van der Waals surface area contributed by atoms with E-state index in [1.165, 1.54) is 0 Å². The molecule has 7 atom stereocenters. The molecule has 0 heterocycles. The van der Waals surface area contributed by atoms with Crippen molar-refractivity contribution in [2.75, 3.05) is 32.8 Å². The molecule has 6 amide bonds. The Morgan fingerprint density at radius 3 is 1.23 bits per heavy atom. The number of hydrogen-bond acceptors (Lipinski definition) is 13. The van der Waals surface area contributed by atoms with Crippen molar-refractivity contribution in [2.45, 2.75) is 128 Å². The van der Waals surface area contributed by atoms with Crippen LogP contribution in [0.1, 0.15) is 85.5 Å². The largest absolute Gasteiger partial charge is 0.480 e. The molecular formula is C36H70N14O10. The maximum absolute atomic E-state index is 13.8. The van der Waals surface area contributed by atoms with Gasteiger partial charge in [0.2, 0.25) is 35.4 Å². The van der Waals surface area contributed by atoms with Gasteiger partial charge in [0.15, 0.2) is 11.9 Å². The number of aliphatic hydroxyl groups is 2. The molecule has 344 valence electrons. The number of rotatable bonds is 31. The number of guanidine groups is 2. The molecule has 0 aromatic carbocycles. The van der Waals surface area contributed by atoms with Crippen LogP contribution in [-0.2, 0) is 33.6 Å². The van der Waals surface area contributed by atoms with Gasteiger partial charge in [-0.1, -0.05) is 27.7 Å². The molecule has 0 rings (SSSR count). The first kappa shape index (κ1) is 54.7. The van der Waals surface area contributed by atoms with Crippen LogP contribution in [0.5, 0.6) is 0 Å². The summed E-state index contributed by atoms with van der Waals surface area (Å²) in [6, 6.07) is -9.37. The minimum Gasteiger partial charge on any atom is -0.480 e. The Kier molecular flexibility index (Phi) is 27.2. The lowest BCUT2D eigenvalue weighted by molar-refractivity contribution is -0.143. The third-order valence-corrected chi connectivity index (χ3v) is 8.75. The van der Waals surface area contributed by atoms with E-state index in [1.807, 2.05) is 0 Å². The highest BCUT2D eigenvalue weighted by molar-refractivity contribution is 5.97. The maximum Gasteiger partial charge on any atom is 0.326 e. The van der Waals surface area contributed by atoms with E-state index < -0.39 is 96.9 Å². The second kappa shape index (κ2) is 29.8. The van der Waals surface area contributed by atoms with Crippen molar-refractivity contribution in [3.05, 3.63) is 0 Å². The second-order valence-electron chi connectivity index (χ2n) is 15.1. The van der Waals surface area contributed by atoms with Gasteiger partial charge in [-0.25, -0.2) is 4.79 Å². The highest BCUT2D eigenvalue weighted by Gasteiger charge is 2.33. The smallest absolute Gasteiger partial charge is 0.326 e. The van der Waals surface area contributed by atoms with Gasteiger partial charge in [0, 0.05) is 13.1 Å². The standard InChI is InChI=1S/C36H70N14O10/c1-19(2)15-25(32(57)49-26(34(59)60)16-20(3)4)48-30(55)23(10-7-13-43-35(39)40)47-33(58)27(18-52)50-31(56)24(11-8-14-44-36(41)42)46-29(54)22(9-5-6-12-37)45-28(53)21(38)17-51/h19-27,51-52H,5-18,37-38H2,1-4H3,(H,45,53)(H,46,54)(H,47,58)(H,48,55)(H,49,57)(H,50,56)(H,59,60)(H4,39,40,43)(H4,41,42,44)/t21-,22-,23-,24-,25-,26-,27-/m0/s1. The predicted molar refractivity (Wildman–Crippen MR) is 223 cm³/mol. The van der Waals surface area contributed by atoms with Crippen molar-refractivity contribution >= 4 is 53.3 Å². The minimum atomic E-state index is -1.67. The molecule has 0 aliphatic heterocycles. The number of carboxylic acid groups (broad SMARTS) is 1. The molecule has 0 aliphatic rings. The van der Waals surface area contributed by atoms with Crippen LogP contribution in [0.2, 0.25) is 0 Å². The lowest BCUT2D eigenvalue weighted by Crippen LogP contribution is -2.60. The zero-order chi connectivity index (χ0) is 45.9. The second-order valence-corrected chi connectivity index (χ2v) is 15.1. The van der Waals surface area contributed by atoms with Gasteiger partial charge in [0.05, 0.1) is 13.2 Å². The van der Waals surface area contributed by atoms with Crippen LogP contribution < -0.4 is 66.3 Å². The molecule has 0 unspecified atom stereocenters. The summed E-state index contributed by atoms with van der Waals surface area (Å²) in [5.74, 6) is -7.04. The summed E-state index contributed by atoms with van der Waals surface area (Å²) < 4.78 is 0. The van der Waals surface area contributed by atoms with E-state index in [0.29, 0.717) is 19.4 Å². The molecule has 21 N–H and O–H groups in total. The van der Waals surface area contributed by atoms with E-state index in [2.05, 4.69) is 41.9 Å². The molecule has 60 heavy (non-hydrogen) atoms. The van der Waals surface area contributed by atoms with Gasteiger partial charge in [-0.05, 0) is 76.2 Å². The van der Waals surface area contributed by atoms with E-state index >= 15 is 0 Å². The molecule has 24 heteroatoms. The predicted octanol–water partition coefficient (Wildman–Crippen LogP) is -5.38. The van der Waals surface area contributed by atoms with Crippen LogP contribution in [0, 0.1) is 11.8 Å². The zero-order valence-electron chi connectivity index (χ0n) is 35.2. The number of hydrogen-bond donors (Lipinski definition) is 15. The molecule has 0 radical (unpaired) electrons. The number of aliphatic imine (C=N–C) groups is 2. The Hall–Kier alpha value is -5.33. The number of carboxylic acids is 1. The first-order chi connectivity index (χ1) is 28.2. The molecule has 0 saturated heterocycles. The Morgan fingerprint density at radius 1 is 0.500 bits per heavy atom. The van der Waals surface area contributed by atoms with Crippen LogP contribution in [-0.4, -0.2) is 144 Å². The van der Waals surface area contributed by atoms with Crippen LogP contribution in [0.15, 0.2) is 9.98 Å². The number of aliphatic carboxylic acids is 1. The number of carbonyl (C=O) groups excluding carboxylic acids is 6. The van der Waals surface area contributed by atoms with Gasteiger partial charge in [-0.3, -0.25) is 38.8 Å². The number of nitrogens with two attached hydrogens (primary N) is 6. The van der Waals surface area contributed by atoms with Gasteiger partial charge in [-0.15, -0.1) is 0 Å². The molecule has 24 nitrogen and oxygen atoms in total. The quantitative estimate of drug-likeness (QED) is 0.0176. The molecule has 0 bridgehead atoms. The number of amides is 6. The summed E-state index contributed by atoms with van der Waals surface area (Å²) in [7, 11) is 0. The minimum absolute atomic E-state index is 0.0500. The SMILES string of the molecule is CC(C)C[C@H](NC(=O)[C@H](CC(C)C)NC(=O)[C@H](CCCN=C(N)N)NC(=O)[C@H](CO)NC(=O)[C@H](CCCN=C(N)N)NC(=O)[C@H](CCCCN)NC(=O)[C@@H](N)CO)C(=O)O. The van der Waals surface area contributed by atoms with Crippen molar-refractivity contribution in [2.24, 2.45) is 56.2 Å². The third-order valence-electron chi connectivity index (χ3n) is 8.75. The first-order valence-electron chi connectivity index (χ1n) is 20.0. The van der Waals surface area contributed by atoms with E-state index in [1.54, 1.807) is 27.7 Å². The molecule has 0 fully saturated rings.